The number of nitrogens with zero attached hydrogens (tertiary/aromatic N) is 2. The molecular weight excluding hydrogens is 292 g/mol. The van der Waals surface area contributed by atoms with Crippen LogP contribution in [0.2, 0.25) is 0 Å². The molecule has 0 aliphatic rings. The van der Waals surface area contributed by atoms with E-state index in [1.165, 1.54) is 10.4 Å². The predicted molar refractivity (Wildman–Crippen MR) is 84.0 cm³/mol. The summed E-state index contributed by atoms with van der Waals surface area (Å²) < 4.78 is 7.48. The summed E-state index contributed by atoms with van der Waals surface area (Å²) in [6.45, 7) is 2.93. The number of ether oxygens (including phenoxy) is 1. The van der Waals surface area contributed by atoms with Crippen LogP contribution in [0, 0.1) is 6.92 Å². The number of aryl methyl sites for hydroxylation is 1. The van der Waals surface area contributed by atoms with Gasteiger partial charge >= 0.3 is 0 Å². The molecule has 1 aromatic carbocycles. The van der Waals surface area contributed by atoms with Gasteiger partial charge in [-0.3, -0.25) is 0 Å². The molecule has 3 rings (SSSR count). The molecule has 0 spiro atoms. The van der Waals surface area contributed by atoms with Gasteiger partial charge in [0.1, 0.15) is 11.6 Å². The average molecular weight is 307 g/mol. The molecule has 0 fully saturated rings. The molecular formula is C15H15ClN2OS. The van der Waals surface area contributed by atoms with Gasteiger partial charge in [-0.1, -0.05) is 0 Å². The van der Waals surface area contributed by atoms with E-state index in [9.17, 15) is 0 Å². The van der Waals surface area contributed by atoms with Crippen LogP contribution >= 0.6 is 22.9 Å². The summed E-state index contributed by atoms with van der Waals surface area (Å²) in [5.41, 5.74) is 3.32. The highest BCUT2D eigenvalue weighted by Crippen LogP contribution is 2.26. The van der Waals surface area contributed by atoms with Gasteiger partial charge in [0.15, 0.2) is 0 Å². The van der Waals surface area contributed by atoms with Crippen LogP contribution in [0.4, 0.5) is 0 Å². The quantitative estimate of drug-likeness (QED) is 0.675. The smallest absolute Gasteiger partial charge is 0.125 e. The van der Waals surface area contributed by atoms with E-state index in [1.54, 1.807) is 18.4 Å². The molecule has 104 valence electrons. The molecule has 0 bridgehead atoms. The molecule has 2 aromatic heterocycles. The summed E-state index contributed by atoms with van der Waals surface area (Å²) in [6, 6.07) is 8.05. The van der Waals surface area contributed by atoms with Crippen molar-refractivity contribution >= 4 is 34.0 Å². The van der Waals surface area contributed by atoms with Crippen LogP contribution in [0.3, 0.4) is 0 Å². The Morgan fingerprint density at radius 3 is 2.85 bits per heavy atom. The molecule has 0 saturated carbocycles. The van der Waals surface area contributed by atoms with E-state index < -0.39 is 0 Å². The summed E-state index contributed by atoms with van der Waals surface area (Å²) in [6.07, 6.45) is 0. The van der Waals surface area contributed by atoms with Crippen molar-refractivity contribution in [3.05, 3.63) is 45.9 Å². The van der Waals surface area contributed by atoms with E-state index in [0.29, 0.717) is 5.88 Å². The highest BCUT2D eigenvalue weighted by atomic mass is 35.5. The maximum Gasteiger partial charge on any atom is 0.125 e. The van der Waals surface area contributed by atoms with Gasteiger partial charge in [-0.2, -0.15) is 0 Å². The first-order chi connectivity index (χ1) is 9.72. The lowest BCUT2D eigenvalue weighted by molar-refractivity contribution is 0.415. The number of fused-ring (bicyclic) bond motifs is 1. The number of alkyl halides is 1. The van der Waals surface area contributed by atoms with Crippen LogP contribution in [0.1, 0.15) is 16.3 Å². The largest absolute Gasteiger partial charge is 0.497 e. The molecule has 2 heterocycles. The van der Waals surface area contributed by atoms with Crippen LogP contribution in [-0.4, -0.2) is 16.7 Å². The first-order valence-corrected chi connectivity index (χ1v) is 7.76. The predicted octanol–water partition coefficient (Wildman–Crippen LogP) is 4.20. The Balaban J connectivity index is 2.13. The fourth-order valence-electron chi connectivity index (χ4n) is 2.27. The monoisotopic (exact) mass is 306 g/mol. The SMILES string of the molecule is COc1ccc2nc(CCl)n(Cc3sccc3C)c2c1. The van der Waals surface area contributed by atoms with Gasteiger partial charge < -0.3 is 9.30 Å². The van der Waals surface area contributed by atoms with Crippen molar-refractivity contribution in [3.63, 3.8) is 0 Å². The number of benzene rings is 1. The normalized spacial score (nSPS) is 11.2. The Kier molecular flexibility index (Phi) is 3.68. The van der Waals surface area contributed by atoms with E-state index in [-0.39, 0.29) is 0 Å². The summed E-state index contributed by atoms with van der Waals surface area (Å²) >= 11 is 7.81. The molecule has 0 radical (unpaired) electrons. The van der Waals surface area contributed by atoms with Gasteiger partial charge in [0.25, 0.3) is 0 Å². The van der Waals surface area contributed by atoms with Crippen molar-refractivity contribution in [1.29, 1.82) is 0 Å². The molecule has 0 unspecified atom stereocenters. The van der Waals surface area contributed by atoms with Gasteiger partial charge in [0.05, 0.1) is 30.6 Å². The van der Waals surface area contributed by atoms with E-state index in [0.717, 1.165) is 29.2 Å². The number of aromatic nitrogens is 2. The Bertz CT molecular complexity index is 747. The Labute approximate surface area is 126 Å². The van der Waals surface area contributed by atoms with Crippen LogP contribution in [0.15, 0.2) is 29.6 Å². The lowest BCUT2D eigenvalue weighted by Crippen LogP contribution is -2.03. The minimum absolute atomic E-state index is 0.404. The zero-order valence-corrected chi connectivity index (χ0v) is 13.0. The zero-order chi connectivity index (χ0) is 14.1. The molecule has 0 N–H and O–H groups in total. The van der Waals surface area contributed by atoms with Crippen LogP contribution in [0.5, 0.6) is 5.75 Å². The molecule has 20 heavy (non-hydrogen) atoms. The summed E-state index contributed by atoms with van der Waals surface area (Å²) in [4.78, 5) is 5.93. The number of imidazole rings is 1. The standard InChI is InChI=1S/C15H15ClN2OS/c1-10-5-6-20-14(10)9-18-13-7-11(19-2)3-4-12(13)17-15(18)8-16/h3-7H,8-9H2,1-2H3. The van der Waals surface area contributed by atoms with Crippen molar-refractivity contribution in [3.8, 4) is 5.75 Å². The Hall–Kier alpha value is -1.52. The van der Waals surface area contributed by atoms with Crippen LogP contribution < -0.4 is 4.74 Å². The lowest BCUT2D eigenvalue weighted by atomic mass is 10.2. The maximum atomic E-state index is 6.05. The van der Waals surface area contributed by atoms with E-state index in [1.807, 2.05) is 18.2 Å². The third-order valence-electron chi connectivity index (χ3n) is 3.42. The summed E-state index contributed by atoms with van der Waals surface area (Å²) in [5.74, 6) is 2.13. The van der Waals surface area contributed by atoms with Crippen LogP contribution in [0.25, 0.3) is 11.0 Å². The van der Waals surface area contributed by atoms with Crippen molar-refractivity contribution in [2.24, 2.45) is 0 Å². The Morgan fingerprint density at radius 2 is 2.20 bits per heavy atom. The summed E-state index contributed by atoms with van der Waals surface area (Å²) in [5, 5.41) is 2.12. The fraction of sp³-hybridized carbons (Fsp3) is 0.267. The van der Waals surface area contributed by atoms with E-state index >= 15 is 0 Å². The first-order valence-electron chi connectivity index (χ1n) is 6.35. The fourth-order valence-corrected chi connectivity index (χ4v) is 3.37. The van der Waals surface area contributed by atoms with Crippen molar-refractivity contribution < 1.29 is 4.74 Å². The maximum absolute atomic E-state index is 6.05. The van der Waals surface area contributed by atoms with Crippen molar-refractivity contribution in [2.75, 3.05) is 7.11 Å². The highest BCUT2D eigenvalue weighted by Gasteiger charge is 2.12. The second-order valence-electron chi connectivity index (χ2n) is 4.63. The van der Waals surface area contributed by atoms with Gasteiger partial charge in [-0.25, -0.2) is 4.98 Å². The number of hydrogen-bond donors (Lipinski definition) is 0. The molecule has 5 heteroatoms. The summed E-state index contributed by atoms with van der Waals surface area (Å²) in [7, 11) is 1.67. The highest BCUT2D eigenvalue weighted by molar-refractivity contribution is 7.10. The van der Waals surface area contributed by atoms with E-state index in [2.05, 4.69) is 27.9 Å². The van der Waals surface area contributed by atoms with Gasteiger partial charge in [0.2, 0.25) is 0 Å². The van der Waals surface area contributed by atoms with Gasteiger partial charge in [-0.15, -0.1) is 22.9 Å². The lowest BCUT2D eigenvalue weighted by Gasteiger charge is -2.08. The minimum Gasteiger partial charge on any atom is -0.497 e. The second kappa shape index (κ2) is 5.46. The molecule has 0 aliphatic carbocycles. The topological polar surface area (TPSA) is 27.1 Å². The van der Waals surface area contributed by atoms with Gasteiger partial charge in [0, 0.05) is 10.9 Å². The molecule has 0 amide bonds. The number of rotatable bonds is 4. The second-order valence-corrected chi connectivity index (χ2v) is 5.90. The number of thiophene rings is 1. The van der Waals surface area contributed by atoms with Crippen molar-refractivity contribution in [1.82, 2.24) is 9.55 Å². The average Bonchev–Trinajstić information content (AvgIpc) is 3.03. The Morgan fingerprint density at radius 1 is 1.35 bits per heavy atom. The van der Waals surface area contributed by atoms with Crippen LogP contribution in [-0.2, 0) is 12.4 Å². The zero-order valence-electron chi connectivity index (χ0n) is 11.4. The molecule has 0 saturated heterocycles. The third kappa shape index (κ3) is 2.30. The molecule has 0 aliphatic heterocycles. The van der Waals surface area contributed by atoms with E-state index in [4.69, 9.17) is 16.3 Å². The number of methoxy groups -OCH3 is 1. The third-order valence-corrected chi connectivity index (χ3v) is 4.67. The number of halogens is 1. The van der Waals surface area contributed by atoms with Gasteiger partial charge in [-0.05, 0) is 36.1 Å². The molecule has 0 atom stereocenters. The first kappa shape index (κ1) is 13.5. The van der Waals surface area contributed by atoms with Crippen molar-refractivity contribution in [2.45, 2.75) is 19.3 Å². The minimum atomic E-state index is 0.404. The number of hydrogen-bond acceptors (Lipinski definition) is 3. The molecule has 3 aromatic rings. The molecule has 3 nitrogen and oxygen atoms in total.